The zero-order chi connectivity index (χ0) is 24.9. The third-order valence-corrected chi connectivity index (χ3v) is 5.31. The van der Waals surface area contributed by atoms with Gasteiger partial charge in [-0.25, -0.2) is 4.79 Å². The first-order valence-electron chi connectivity index (χ1n) is 10.2. The van der Waals surface area contributed by atoms with Crippen molar-refractivity contribution in [2.45, 2.75) is 0 Å². The zero-order valence-corrected chi connectivity index (χ0v) is 19.8. The molecule has 0 aliphatic rings. The second-order valence-corrected chi connectivity index (χ2v) is 8.08. The van der Waals surface area contributed by atoms with E-state index in [1.54, 1.807) is 48.5 Å². The molecule has 0 atom stereocenters. The molecule has 0 unspecified atom stereocenters. The molecule has 0 bridgehead atoms. The molecule has 4 rings (SSSR count). The van der Waals surface area contributed by atoms with Gasteiger partial charge in [0.2, 0.25) is 0 Å². The maximum Gasteiger partial charge on any atom is 0.349 e. The van der Waals surface area contributed by atoms with Crippen LogP contribution in [-0.4, -0.2) is 35.5 Å². The van der Waals surface area contributed by atoms with E-state index >= 15 is 0 Å². The molecule has 1 aromatic heterocycles. The minimum absolute atomic E-state index is 0.150. The van der Waals surface area contributed by atoms with Crippen LogP contribution < -0.4 is 26.0 Å². The number of anilines is 1. The number of carbonyl (C=O) groups excluding carboxylic acids is 1. The molecule has 0 fully saturated rings. The number of carbonyl (C=O) groups is 1. The third-order valence-electron chi connectivity index (χ3n) is 4.84. The van der Waals surface area contributed by atoms with E-state index in [4.69, 9.17) is 32.7 Å². The summed E-state index contributed by atoms with van der Waals surface area (Å²) in [5.74, 6) is -0.0513. The number of rotatable bonds is 7. The molecule has 3 aromatic carbocycles. The van der Waals surface area contributed by atoms with Crippen molar-refractivity contribution < 1.29 is 14.3 Å². The van der Waals surface area contributed by atoms with Crippen molar-refractivity contribution in [2.75, 3.05) is 19.0 Å². The number of ether oxygens (including phenoxy) is 2. The van der Waals surface area contributed by atoms with Crippen molar-refractivity contribution in [3.63, 3.8) is 0 Å². The van der Waals surface area contributed by atoms with Gasteiger partial charge in [-0.05, 0) is 42.5 Å². The van der Waals surface area contributed by atoms with E-state index in [9.17, 15) is 14.4 Å². The second-order valence-electron chi connectivity index (χ2n) is 7.21. The maximum atomic E-state index is 12.7. The van der Waals surface area contributed by atoms with E-state index in [0.29, 0.717) is 31.3 Å². The quantitative estimate of drug-likeness (QED) is 0.364. The van der Waals surface area contributed by atoms with Crippen molar-refractivity contribution in [1.29, 1.82) is 0 Å². The lowest BCUT2D eigenvalue weighted by Crippen LogP contribution is -2.32. The van der Waals surface area contributed by atoms with Crippen LogP contribution in [0.4, 0.5) is 5.69 Å². The summed E-state index contributed by atoms with van der Waals surface area (Å²) in [7, 11) is 1.41. The number of H-pyrrole nitrogens is 1. The number of amides is 1. The summed E-state index contributed by atoms with van der Waals surface area (Å²) in [4.78, 5) is 40.1. The number of fused-ring (bicyclic) bond motifs is 1. The number of benzene rings is 3. The fourth-order valence-corrected chi connectivity index (χ4v) is 3.58. The third kappa shape index (κ3) is 5.53. The van der Waals surface area contributed by atoms with Gasteiger partial charge in [-0.2, -0.15) is 5.10 Å². The maximum absolute atomic E-state index is 12.7. The number of aromatic amines is 1. The number of aromatic nitrogens is 2. The van der Waals surface area contributed by atoms with E-state index < -0.39 is 17.2 Å². The molecule has 1 amide bonds. The molecule has 0 spiro atoms. The predicted octanol–water partition coefficient (Wildman–Crippen LogP) is 3.90. The normalized spacial score (nSPS) is 11.1. The molecule has 0 aliphatic heterocycles. The van der Waals surface area contributed by atoms with Crippen molar-refractivity contribution in [3.05, 3.63) is 97.1 Å². The fourth-order valence-electron chi connectivity index (χ4n) is 3.24. The average molecular weight is 513 g/mol. The van der Waals surface area contributed by atoms with Crippen molar-refractivity contribution >= 4 is 51.9 Å². The molecule has 0 saturated heterocycles. The highest BCUT2D eigenvalue weighted by molar-refractivity contribution is 6.31. The molecule has 0 radical (unpaired) electrons. The van der Waals surface area contributed by atoms with Gasteiger partial charge >= 0.3 is 5.69 Å². The molecule has 4 aromatic rings. The first kappa shape index (κ1) is 24.1. The number of para-hydroxylation sites is 1. The lowest BCUT2D eigenvalue weighted by Gasteiger charge is -2.14. The van der Waals surface area contributed by atoms with Crippen LogP contribution in [0.3, 0.4) is 0 Å². The Hall–Kier alpha value is -4.08. The topological polar surface area (TPSA) is 115 Å². The van der Waals surface area contributed by atoms with Crippen molar-refractivity contribution in [1.82, 2.24) is 9.66 Å². The van der Waals surface area contributed by atoms with Crippen LogP contribution in [-0.2, 0) is 4.79 Å². The molecule has 1 heterocycles. The Balaban J connectivity index is 1.63. The standard InChI is InChI=1S/C24H18Cl2N4O5/c1-34-20-11-16(26)10-14(22(20)35-13-21(31)28-17-8-6-15(25)7-9-17)12-27-30-23(32)18-4-2-3-5-19(18)29-24(30)33/h2-12H,13H2,1H3,(H,28,31)(H,29,33). The summed E-state index contributed by atoms with van der Waals surface area (Å²) in [6.45, 7) is -0.363. The van der Waals surface area contributed by atoms with Crippen LogP contribution in [0, 0.1) is 0 Å². The van der Waals surface area contributed by atoms with Crippen LogP contribution in [0.15, 0.2) is 75.4 Å². The van der Waals surface area contributed by atoms with Crippen LogP contribution in [0.5, 0.6) is 11.5 Å². The van der Waals surface area contributed by atoms with E-state index in [0.717, 1.165) is 0 Å². The Morgan fingerprint density at radius 2 is 1.83 bits per heavy atom. The highest BCUT2D eigenvalue weighted by atomic mass is 35.5. The number of halogens is 2. The van der Waals surface area contributed by atoms with E-state index in [-0.39, 0.29) is 23.7 Å². The predicted molar refractivity (Wildman–Crippen MR) is 135 cm³/mol. The Morgan fingerprint density at radius 1 is 1.09 bits per heavy atom. The second kappa shape index (κ2) is 10.5. The van der Waals surface area contributed by atoms with Gasteiger partial charge in [0.05, 0.1) is 24.2 Å². The number of hydrogen-bond acceptors (Lipinski definition) is 6. The van der Waals surface area contributed by atoms with Gasteiger partial charge in [-0.3, -0.25) is 9.59 Å². The summed E-state index contributed by atoms with van der Waals surface area (Å²) in [6, 6.07) is 16.2. The van der Waals surface area contributed by atoms with Crippen molar-refractivity contribution in [2.24, 2.45) is 5.10 Å². The van der Waals surface area contributed by atoms with Crippen LogP contribution in [0.1, 0.15) is 5.56 Å². The van der Waals surface area contributed by atoms with Crippen LogP contribution >= 0.6 is 23.2 Å². The number of methoxy groups -OCH3 is 1. The minimum Gasteiger partial charge on any atom is -0.493 e. The fraction of sp³-hybridized carbons (Fsp3) is 0.0833. The summed E-state index contributed by atoms with van der Waals surface area (Å²) >= 11 is 12.0. The molecule has 178 valence electrons. The highest BCUT2D eigenvalue weighted by Gasteiger charge is 2.15. The molecule has 0 saturated carbocycles. The lowest BCUT2D eigenvalue weighted by atomic mass is 10.2. The van der Waals surface area contributed by atoms with Gasteiger partial charge in [0.25, 0.3) is 11.5 Å². The summed E-state index contributed by atoms with van der Waals surface area (Å²) in [5.41, 5.74) is -0.0897. The van der Waals surface area contributed by atoms with Crippen molar-refractivity contribution in [3.8, 4) is 11.5 Å². The van der Waals surface area contributed by atoms with Gasteiger partial charge in [0.15, 0.2) is 18.1 Å². The largest absolute Gasteiger partial charge is 0.493 e. The molecule has 0 aliphatic carbocycles. The van der Waals surface area contributed by atoms with Gasteiger partial charge in [0.1, 0.15) is 0 Å². The number of hydrogen-bond donors (Lipinski definition) is 2. The Morgan fingerprint density at radius 3 is 2.57 bits per heavy atom. The average Bonchev–Trinajstić information content (AvgIpc) is 2.84. The lowest BCUT2D eigenvalue weighted by molar-refractivity contribution is -0.118. The van der Waals surface area contributed by atoms with E-state index in [1.807, 2.05) is 0 Å². The number of nitrogens with one attached hydrogen (secondary N) is 2. The highest BCUT2D eigenvalue weighted by Crippen LogP contribution is 2.34. The molecular weight excluding hydrogens is 495 g/mol. The monoisotopic (exact) mass is 512 g/mol. The first-order valence-corrected chi connectivity index (χ1v) is 11.0. The number of nitrogens with zero attached hydrogens (tertiary/aromatic N) is 2. The van der Waals surface area contributed by atoms with E-state index in [1.165, 1.54) is 25.5 Å². The summed E-state index contributed by atoms with van der Waals surface area (Å²) in [5, 5.41) is 7.85. The Labute approximate surface area is 208 Å². The van der Waals surface area contributed by atoms with E-state index in [2.05, 4.69) is 15.4 Å². The van der Waals surface area contributed by atoms with Gasteiger partial charge in [0, 0.05) is 27.4 Å². The van der Waals surface area contributed by atoms with Crippen LogP contribution in [0.25, 0.3) is 10.9 Å². The Bertz CT molecular complexity index is 1540. The molecule has 35 heavy (non-hydrogen) atoms. The van der Waals surface area contributed by atoms with Gasteiger partial charge in [-0.1, -0.05) is 35.3 Å². The zero-order valence-electron chi connectivity index (χ0n) is 18.2. The smallest absolute Gasteiger partial charge is 0.349 e. The minimum atomic E-state index is -0.719. The molecular formula is C24H18Cl2N4O5. The summed E-state index contributed by atoms with van der Waals surface area (Å²) < 4.78 is 11.7. The molecule has 2 N–H and O–H groups in total. The van der Waals surface area contributed by atoms with Gasteiger partial charge in [-0.15, -0.1) is 4.68 Å². The van der Waals surface area contributed by atoms with Crippen LogP contribution in [0.2, 0.25) is 10.0 Å². The van der Waals surface area contributed by atoms with Gasteiger partial charge < -0.3 is 19.8 Å². The molecule has 9 nitrogen and oxygen atoms in total. The Kier molecular flexibility index (Phi) is 7.19. The first-order chi connectivity index (χ1) is 16.9. The SMILES string of the molecule is COc1cc(Cl)cc(C=Nn2c(=O)[nH]c3ccccc3c2=O)c1OCC(=O)Nc1ccc(Cl)cc1. The summed E-state index contributed by atoms with van der Waals surface area (Å²) in [6.07, 6.45) is 1.23. The molecule has 11 heteroatoms.